The van der Waals surface area contributed by atoms with Crippen LogP contribution in [0.1, 0.15) is 70.3 Å². The summed E-state index contributed by atoms with van der Waals surface area (Å²) in [5.41, 5.74) is 1.67. The lowest BCUT2D eigenvalue weighted by Crippen LogP contribution is -2.59. The Balaban J connectivity index is 1.29. The Morgan fingerprint density at radius 1 is 1.15 bits per heavy atom. The summed E-state index contributed by atoms with van der Waals surface area (Å²) in [4.78, 5) is 27.2. The fraction of sp³-hybridized carbons (Fsp3) is 0.654. The van der Waals surface area contributed by atoms with E-state index < -0.39 is 12.2 Å². The molecule has 4 aliphatic rings. The normalized spacial score (nSPS) is 30.8. The van der Waals surface area contributed by atoms with Crippen LogP contribution in [-0.2, 0) is 16.0 Å². The number of unbranched alkanes of at least 4 members (excludes halogenated alkanes) is 1. The van der Waals surface area contributed by atoms with E-state index in [1.165, 1.54) is 23.3 Å². The molecule has 2 atom stereocenters. The van der Waals surface area contributed by atoms with Gasteiger partial charge in [-0.25, -0.2) is 4.39 Å². The first-order chi connectivity index (χ1) is 15.9. The number of carbonyl (C=O) groups is 2. The van der Waals surface area contributed by atoms with E-state index in [1.807, 2.05) is 18.2 Å². The molecule has 178 valence electrons. The molecule has 2 amide bonds. The third-order valence-corrected chi connectivity index (χ3v) is 8.09. The van der Waals surface area contributed by atoms with Gasteiger partial charge in [-0.3, -0.25) is 9.59 Å². The second kappa shape index (κ2) is 9.80. The zero-order chi connectivity index (χ0) is 23.5. The molecule has 0 aromatic heterocycles. The summed E-state index contributed by atoms with van der Waals surface area (Å²) in [6.07, 6.45) is 7.31. The van der Waals surface area contributed by atoms with Crippen molar-refractivity contribution in [2.45, 2.75) is 88.9 Å². The molecule has 7 heteroatoms. The maximum absolute atomic E-state index is 13.7. The second-order valence-corrected chi connectivity index (χ2v) is 10.2. The fourth-order valence-electron chi connectivity index (χ4n) is 5.74. The van der Waals surface area contributed by atoms with Gasteiger partial charge in [-0.05, 0) is 69.1 Å². The quantitative estimate of drug-likeness (QED) is 0.619. The van der Waals surface area contributed by atoms with Crippen LogP contribution in [0.5, 0.6) is 0 Å². The lowest BCUT2D eigenvalue weighted by molar-refractivity contribution is -0.135. The molecule has 33 heavy (non-hydrogen) atoms. The number of nitrogens with one attached hydrogen (secondary N) is 2. The van der Waals surface area contributed by atoms with Gasteiger partial charge in [-0.2, -0.15) is 5.26 Å². The van der Waals surface area contributed by atoms with Crippen molar-refractivity contribution in [3.05, 3.63) is 29.8 Å². The van der Waals surface area contributed by atoms with Crippen molar-refractivity contribution in [1.82, 2.24) is 10.2 Å². The van der Waals surface area contributed by atoms with E-state index in [4.69, 9.17) is 0 Å². The molecule has 5 rings (SSSR count). The molecule has 3 saturated carbocycles. The highest BCUT2D eigenvalue weighted by Crippen LogP contribution is 2.52. The van der Waals surface area contributed by atoms with Gasteiger partial charge in [-0.1, -0.05) is 25.5 Å². The highest BCUT2D eigenvalue weighted by atomic mass is 19.1. The third-order valence-electron chi connectivity index (χ3n) is 8.09. The Hall–Kier alpha value is -2.46. The smallest absolute Gasteiger partial charge is 0.237 e. The number of nitriles is 1. The lowest BCUT2D eigenvalue weighted by Gasteiger charge is -2.52. The summed E-state index contributed by atoms with van der Waals surface area (Å²) in [7, 11) is 0. The number of rotatable bonds is 8. The van der Waals surface area contributed by atoms with Gasteiger partial charge >= 0.3 is 0 Å². The van der Waals surface area contributed by atoms with Gasteiger partial charge in [0.05, 0.1) is 19.2 Å². The van der Waals surface area contributed by atoms with Gasteiger partial charge < -0.3 is 15.5 Å². The number of aryl methyl sites for hydroxylation is 1. The van der Waals surface area contributed by atoms with E-state index in [-0.39, 0.29) is 42.3 Å². The Morgan fingerprint density at radius 3 is 2.42 bits per heavy atom. The maximum Gasteiger partial charge on any atom is 0.237 e. The van der Waals surface area contributed by atoms with Crippen LogP contribution < -0.4 is 10.6 Å². The monoisotopic (exact) mass is 454 g/mol. The zero-order valence-electron chi connectivity index (χ0n) is 19.5. The minimum absolute atomic E-state index is 0.00854. The number of likely N-dealkylation sites (tertiary alicyclic amines) is 1. The minimum Gasteiger partial charge on any atom is -0.326 e. The van der Waals surface area contributed by atoms with Gasteiger partial charge in [0.2, 0.25) is 11.8 Å². The Kier molecular flexibility index (Phi) is 7.04. The number of hydrogen-bond donors (Lipinski definition) is 2. The number of benzene rings is 1. The number of fused-ring (bicyclic) bond motifs is 3. The van der Waals surface area contributed by atoms with Crippen molar-refractivity contribution in [3.8, 4) is 6.07 Å². The van der Waals surface area contributed by atoms with E-state index in [9.17, 15) is 19.2 Å². The molecule has 1 aliphatic heterocycles. The van der Waals surface area contributed by atoms with Crippen LogP contribution in [0.3, 0.4) is 0 Å². The van der Waals surface area contributed by atoms with Crippen molar-refractivity contribution in [2.75, 3.05) is 18.4 Å². The number of hydrogen-bond acceptors (Lipinski definition) is 4. The van der Waals surface area contributed by atoms with Crippen LogP contribution in [0, 0.1) is 16.7 Å². The van der Waals surface area contributed by atoms with E-state index in [2.05, 4.69) is 29.7 Å². The fourth-order valence-corrected chi connectivity index (χ4v) is 5.74. The van der Waals surface area contributed by atoms with Crippen molar-refractivity contribution in [1.29, 1.82) is 5.26 Å². The largest absolute Gasteiger partial charge is 0.326 e. The van der Waals surface area contributed by atoms with E-state index in [1.54, 1.807) is 0 Å². The number of amides is 2. The maximum atomic E-state index is 13.7. The van der Waals surface area contributed by atoms with Gasteiger partial charge in [0, 0.05) is 23.1 Å². The summed E-state index contributed by atoms with van der Waals surface area (Å²) in [6.45, 7) is 2.31. The van der Waals surface area contributed by atoms with Crippen LogP contribution in [0.2, 0.25) is 0 Å². The molecule has 1 heterocycles. The van der Waals surface area contributed by atoms with Gasteiger partial charge in [-0.15, -0.1) is 0 Å². The average molecular weight is 455 g/mol. The zero-order valence-corrected chi connectivity index (χ0v) is 19.5. The Labute approximate surface area is 195 Å². The molecule has 0 unspecified atom stereocenters. The third kappa shape index (κ3) is 5.06. The van der Waals surface area contributed by atoms with Crippen LogP contribution in [0.4, 0.5) is 10.1 Å². The molecule has 3 aliphatic carbocycles. The predicted molar refractivity (Wildman–Crippen MR) is 125 cm³/mol. The highest BCUT2D eigenvalue weighted by molar-refractivity contribution is 5.95. The highest BCUT2D eigenvalue weighted by Gasteiger charge is 2.52. The molecule has 1 aromatic rings. The topological polar surface area (TPSA) is 85.2 Å². The molecule has 0 spiro atoms. The predicted octanol–water partition coefficient (Wildman–Crippen LogP) is 4.11. The number of nitrogens with zero attached hydrogens (tertiary/aromatic N) is 2. The first kappa shape index (κ1) is 23.7. The second-order valence-electron chi connectivity index (χ2n) is 10.2. The summed E-state index contributed by atoms with van der Waals surface area (Å²) in [6, 6.07) is 9.56. The summed E-state index contributed by atoms with van der Waals surface area (Å²) in [5, 5.41) is 15.8. The first-order valence-corrected chi connectivity index (χ1v) is 12.4. The molecular formula is C26H35FN4O2. The molecule has 1 aromatic carbocycles. The number of alkyl halides is 1. The molecule has 2 N–H and O–H groups in total. The Bertz CT molecular complexity index is 885. The van der Waals surface area contributed by atoms with Crippen molar-refractivity contribution in [2.24, 2.45) is 5.41 Å². The Morgan fingerprint density at radius 2 is 1.82 bits per heavy atom. The van der Waals surface area contributed by atoms with Crippen LogP contribution in [-0.4, -0.2) is 47.6 Å². The summed E-state index contributed by atoms with van der Waals surface area (Å²) >= 11 is 0. The van der Waals surface area contributed by atoms with E-state index in [0.717, 1.165) is 50.6 Å². The van der Waals surface area contributed by atoms with E-state index >= 15 is 0 Å². The SMILES string of the molecule is CCCCc1ccc(NC(=O)C23CCC(NCC(=O)N4C[C@@H](F)C[C@H]4C#N)(CC2)CC3)cc1. The molecule has 6 nitrogen and oxygen atoms in total. The summed E-state index contributed by atoms with van der Waals surface area (Å²) < 4.78 is 13.7. The molecule has 1 saturated heterocycles. The van der Waals surface area contributed by atoms with Crippen LogP contribution in [0.25, 0.3) is 0 Å². The minimum atomic E-state index is -1.12. The lowest BCUT2D eigenvalue weighted by atomic mass is 9.57. The van der Waals surface area contributed by atoms with E-state index in [0.29, 0.717) is 0 Å². The molecule has 2 bridgehead atoms. The van der Waals surface area contributed by atoms with Gasteiger partial charge in [0.15, 0.2) is 0 Å². The molecular weight excluding hydrogens is 419 g/mol. The van der Waals surface area contributed by atoms with Crippen molar-refractivity contribution in [3.63, 3.8) is 0 Å². The van der Waals surface area contributed by atoms with Gasteiger partial charge in [0.1, 0.15) is 12.2 Å². The average Bonchev–Trinajstić information content (AvgIpc) is 3.24. The van der Waals surface area contributed by atoms with Crippen molar-refractivity contribution >= 4 is 17.5 Å². The first-order valence-electron chi connectivity index (χ1n) is 12.4. The van der Waals surface area contributed by atoms with Gasteiger partial charge in [0.25, 0.3) is 0 Å². The number of carbonyl (C=O) groups excluding carboxylic acids is 2. The number of anilines is 1. The standard InChI is InChI=1S/C26H35FN4O2/c1-2-3-4-19-5-7-21(8-6-19)30-24(33)25-9-12-26(13-10-25,14-11-25)29-17-23(32)31-18-20(27)15-22(31)16-28/h5-8,20,22,29H,2-4,9-15,17-18H2,1H3,(H,30,33)/t20-,22-,25?,26?/m0/s1. The number of halogens is 1. The molecule has 0 radical (unpaired) electrons. The summed E-state index contributed by atoms with van der Waals surface area (Å²) in [5.74, 6) is -0.102. The van der Waals surface area contributed by atoms with Crippen LogP contribution >= 0.6 is 0 Å². The van der Waals surface area contributed by atoms with Crippen LogP contribution in [0.15, 0.2) is 24.3 Å². The molecule has 4 fully saturated rings. The van der Waals surface area contributed by atoms with Crippen molar-refractivity contribution < 1.29 is 14.0 Å².